The summed E-state index contributed by atoms with van der Waals surface area (Å²) in [5.74, 6) is 1.72. The Morgan fingerprint density at radius 2 is 2.10 bits per heavy atom. The second-order valence-electron chi connectivity index (χ2n) is 5.82. The van der Waals surface area contributed by atoms with Crippen molar-refractivity contribution in [2.75, 3.05) is 20.0 Å². The molecule has 1 aliphatic heterocycles. The predicted molar refractivity (Wildman–Crippen MR) is 84.3 cm³/mol. The molecule has 118 valence electrons. The molecule has 0 spiro atoms. The van der Waals surface area contributed by atoms with Gasteiger partial charge >= 0.3 is 0 Å². The molecule has 0 N–H and O–H groups in total. The van der Waals surface area contributed by atoms with Gasteiger partial charge in [0.2, 0.25) is 0 Å². The normalized spacial score (nSPS) is 22.2. The molecule has 2 aliphatic carbocycles. The van der Waals surface area contributed by atoms with E-state index in [1.165, 1.54) is 29.7 Å². The fourth-order valence-electron chi connectivity index (χ4n) is 2.52. The lowest BCUT2D eigenvalue weighted by Gasteiger charge is -2.28. The Labute approximate surface area is 127 Å². The van der Waals surface area contributed by atoms with Crippen LogP contribution in [-0.4, -0.2) is 26.1 Å². The van der Waals surface area contributed by atoms with Crippen molar-refractivity contribution < 1.29 is 14.2 Å². The summed E-state index contributed by atoms with van der Waals surface area (Å²) in [6.45, 7) is 8.74. The molecule has 0 radical (unpaired) electrons. The first-order valence-electron chi connectivity index (χ1n) is 8.22. The van der Waals surface area contributed by atoms with Gasteiger partial charge in [0.15, 0.2) is 0 Å². The molecule has 2 unspecified atom stereocenters. The largest absolute Gasteiger partial charge is 0.493 e. The topological polar surface area (TPSA) is 27.7 Å². The van der Waals surface area contributed by atoms with Gasteiger partial charge in [-0.1, -0.05) is 38.8 Å². The van der Waals surface area contributed by atoms with Crippen LogP contribution in [0, 0.1) is 16.4 Å². The third-order valence-electron chi connectivity index (χ3n) is 4.12. The average Bonchev–Trinajstić information content (AvgIpc) is 2.47. The molecule has 0 aromatic rings. The Hall–Kier alpha value is -1.06. The van der Waals surface area contributed by atoms with Gasteiger partial charge in [-0.3, -0.25) is 0 Å². The highest BCUT2D eigenvalue weighted by Gasteiger charge is 2.20. The van der Waals surface area contributed by atoms with Gasteiger partial charge in [-0.25, -0.2) is 0 Å². The number of ether oxygens (including phenoxy) is 3. The quantitative estimate of drug-likeness (QED) is 0.744. The molecule has 3 heteroatoms. The van der Waals surface area contributed by atoms with E-state index in [9.17, 15) is 0 Å². The van der Waals surface area contributed by atoms with Crippen LogP contribution in [0.1, 0.15) is 46.5 Å². The van der Waals surface area contributed by atoms with E-state index in [4.69, 9.17) is 14.2 Å². The summed E-state index contributed by atoms with van der Waals surface area (Å²) in [6, 6.07) is 6.32. The van der Waals surface area contributed by atoms with Crippen LogP contribution in [0.4, 0.5) is 0 Å². The molecule has 3 rings (SSSR count). The molecule has 3 aliphatic rings. The minimum absolute atomic E-state index is 0.397. The molecule has 0 bridgehead atoms. The van der Waals surface area contributed by atoms with Gasteiger partial charge in [-0.05, 0) is 31.1 Å². The van der Waals surface area contributed by atoms with Gasteiger partial charge in [0.05, 0.1) is 19.3 Å². The summed E-state index contributed by atoms with van der Waals surface area (Å²) >= 11 is 0. The second kappa shape index (κ2) is 8.40. The van der Waals surface area contributed by atoms with Crippen LogP contribution in [0.15, 0.2) is 18.2 Å². The van der Waals surface area contributed by atoms with Crippen molar-refractivity contribution in [3.63, 3.8) is 0 Å². The lowest BCUT2D eigenvalue weighted by molar-refractivity contribution is -0.164. The summed E-state index contributed by atoms with van der Waals surface area (Å²) in [5.41, 5.74) is 0. The molecule has 0 aromatic heterocycles. The summed E-state index contributed by atoms with van der Waals surface area (Å²) < 4.78 is 16.0. The van der Waals surface area contributed by atoms with Gasteiger partial charge in [0.1, 0.15) is 12.5 Å². The Balaban J connectivity index is 0.000000155. The van der Waals surface area contributed by atoms with E-state index in [1.807, 2.05) is 0 Å². The molecule has 0 saturated carbocycles. The molecule has 1 heterocycles. The van der Waals surface area contributed by atoms with Crippen molar-refractivity contribution in [1.82, 2.24) is 0 Å². The predicted octanol–water partition coefficient (Wildman–Crippen LogP) is 4.26. The van der Waals surface area contributed by atoms with Crippen molar-refractivity contribution in [2.45, 2.75) is 52.6 Å². The minimum atomic E-state index is 0.397. The van der Waals surface area contributed by atoms with Crippen LogP contribution in [-0.2, 0) is 9.47 Å². The number of hydrogen-bond acceptors (Lipinski definition) is 3. The Morgan fingerprint density at radius 1 is 1.24 bits per heavy atom. The van der Waals surface area contributed by atoms with Crippen LogP contribution < -0.4 is 4.74 Å². The number of benzene rings is 1. The van der Waals surface area contributed by atoms with Crippen LogP contribution in [0.25, 0.3) is 0 Å². The maximum atomic E-state index is 5.50. The highest BCUT2D eigenvalue weighted by Crippen LogP contribution is 2.23. The molecule has 0 amide bonds. The highest BCUT2D eigenvalue weighted by atomic mass is 16.7. The second-order valence-corrected chi connectivity index (χ2v) is 5.82. The lowest BCUT2D eigenvalue weighted by Crippen LogP contribution is -2.31. The standard InChI is InChI=1S/C10H12O.C8H16O2/c1-2-3-6-11-10-7-8-4-5-9(8)10;1-3-4-8-5-9-6-10-7(8)2/h4-5,7H,2-3,6H2,1H3;7-8H,3-6H2,1-2H3. The minimum Gasteiger partial charge on any atom is -0.493 e. The average molecular weight is 292 g/mol. The van der Waals surface area contributed by atoms with Gasteiger partial charge < -0.3 is 14.2 Å². The Bertz CT molecular complexity index is 510. The maximum absolute atomic E-state index is 5.50. The van der Waals surface area contributed by atoms with E-state index in [0.717, 1.165) is 25.4 Å². The summed E-state index contributed by atoms with van der Waals surface area (Å²) in [4.78, 5) is 0. The third kappa shape index (κ3) is 4.45. The van der Waals surface area contributed by atoms with Crippen molar-refractivity contribution in [3.05, 3.63) is 28.6 Å². The fraction of sp³-hybridized carbons (Fsp3) is 0.667. The van der Waals surface area contributed by atoms with E-state index >= 15 is 0 Å². The van der Waals surface area contributed by atoms with E-state index in [-0.39, 0.29) is 0 Å². The fourth-order valence-corrected chi connectivity index (χ4v) is 2.52. The zero-order valence-electron chi connectivity index (χ0n) is 13.6. The summed E-state index contributed by atoms with van der Waals surface area (Å²) in [5, 5.41) is 2.68. The highest BCUT2D eigenvalue weighted by molar-refractivity contribution is 5.38. The van der Waals surface area contributed by atoms with Gasteiger partial charge in [-0.2, -0.15) is 0 Å². The van der Waals surface area contributed by atoms with Gasteiger partial charge in [0.25, 0.3) is 0 Å². The lowest BCUT2D eigenvalue weighted by atomic mass is 9.99. The molecule has 1 fully saturated rings. The summed E-state index contributed by atoms with van der Waals surface area (Å²) in [6.07, 6.45) is 5.20. The Kier molecular flexibility index (Phi) is 6.52. The number of rotatable bonds is 6. The first kappa shape index (κ1) is 16.3. The van der Waals surface area contributed by atoms with E-state index in [2.05, 4.69) is 39.0 Å². The van der Waals surface area contributed by atoms with E-state index in [1.54, 1.807) is 0 Å². The molecular formula is C18H28O3. The van der Waals surface area contributed by atoms with Gasteiger partial charge in [-0.15, -0.1) is 0 Å². The number of unbranched alkanes of at least 4 members (excludes halogenated alkanes) is 1. The van der Waals surface area contributed by atoms with Gasteiger partial charge in [0, 0.05) is 11.1 Å². The molecule has 21 heavy (non-hydrogen) atoms. The molecule has 2 atom stereocenters. The molecule has 0 aromatic carbocycles. The van der Waals surface area contributed by atoms with Crippen LogP contribution in [0.2, 0.25) is 0 Å². The van der Waals surface area contributed by atoms with Crippen molar-refractivity contribution in [2.24, 2.45) is 5.92 Å². The van der Waals surface area contributed by atoms with Crippen LogP contribution in [0.5, 0.6) is 5.75 Å². The van der Waals surface area contributed by atoms with E-state index in [0.29, 0.717) is 18.8 Å². The SMILES string of the molecule is CCCC1COCOC1C.CCCCOc1cc2ccc1=2. The number of hydrogen-bond donors (Lipinski definition) is 0. The molecule has 1 saturated heterocycles. The third-order valence-corrected chi connectivity index (χ3v) is 4.12. The monoisotopic (exact) mass is 292 g/mol. The first-order valence-corrected chi connectivity index (χ1v) is 8.22. The van der Waals surface area contributed by atoms with Crippen LogP contribution >= 0.6 is 0 Å². The van der Waals surface area contributed by atoms with Crippen LogP contribution in [0.3, 0.4) is 0 Å². The zero-order chi connectivity index (χ0) is 15.1. The van der Waals surface area contributed by atoms with Crippen molar-refractivity contribution >= 4 is 0 Å². The maximum Gasteiger partial charge on any atom is 0.147 e. The van der Waals surface area contributed by atoms with E-state index < -0.39 is 0 Å². The first-order chi connectivity index (χ1) is 10.3. The Morgan fingerprint density at radius 3 is 2.62 bits per heavy atom. The summed E-state index contributed by atoms with van der Waals surface area (Å²) in [7, 11) is 0. The molecule has 3 nitrogen and oxygen atoms in total. The molecular weight excluding hydrogens is 264 g/mol. The smallest absolute Gasteiger partial charge is 0.147 e. The van der Waals surface area contributed by atoms with Crippen molar-refractivity contribution in [3.8, 4) is 5.75 Å². The zero-order valence-corrected chi connectivity index (χ0v) is 13.6. The van der Waals surface area contributed by atoms with Crippen molar-refractivity contribution in [1.29, 1.82) is 0 Å².